The van der Waals surface area contributed by atoms with Crippen molar-refractivity contribution in [3.05, 3.63) is 156 Å². The number of fused-ring (bicyclic) bond motifs is 9. The average Bonchev–Trinajstić information content (AvgIpc) is 3.43. The molecule has 0 nitrogen and oxygen atoms in total. The first-order valence-corrected chi connectivity index (χ1v) is 15.8. The molecular weight excluding hydrogens is 528 g/mol. The Labute approximate surface area is 259 Å². The fourth-order valence-corrected chi connectivity index (χ4v) is 8.17. The minimum Gasteiger partial charge on any atom is -0.0619 e. The van der Waals surface area contributed by atoms with Crippen LogP contribution < -0.4 is 0 Å². The lowest BCUT2D eigenvalue weighted by molar-refractivity contribution is 0.651. The van der Waals surface area contributed by atoms with Gasteiger partial charge in [-0.3, -0.25) is 0 Å². The van der Waals surface area contributed by atoms with Gasteiger partial charge >= 0.3 is 0 Å². The number of hydrogen-bond donors (Lipinski definition) is 0. The molecule has 2 aliphatic carbocycles. The van der Waals surface area contributed by atoms with Gasteiger partial charge < -0.3 is 0 Å². The van der Waals surface area contributed by atoms with Crippen molar-refractivity contribution >= 4 is 21.5 Å². The molecule has 44 heavy (non-hydrogen) atoms. The predicted octanol–water partition coefficient (Wildman–Crippen LogP) is 11.9. The molecule has 0 amide bonds. The molecule has 2 aliphatic rings. The molecule has 7 aromatic rings. The molecule has 210 valence electrons. The largest absolute Gasteiger partial charge is 0.0619 e. The van der Waals surface area contributed by atoms with E-state index in [1.807, 2.05) is 0 Å². The lowest BCUT2D eigenvalue weighted by Crippen LogP contribution is -2.17. The lowest BCUT2D eigenvalue weighted by Gasteiger charge is -2.24. The summed E-state index contributed by atoms with van der Waals surface area (Å²) in [5.41, 5.74) is 16.4. The molecule has 0 radical (unpaired) electrons. The maximum absolute atomic E-state index is 2.46. The Balaban J connectivity index is 1.13. The summed E-state index contributed by atoms with van der Waals surface area (Å²) in [7, 11) is 0. The second-order valence-electron chi connectivity index (χ2n) is 13.8. The summed E-state index contributed by atoms with van der Waals surface area (Å²) in [4.78, 5) is 0. The van der Waals surface area contributed by atoms with E-state index >= 15 is 0 Å². The summed E-state index contributed by atoms with van der Waals surface area (Å²) in [6.07, 6.45) is 0. The van der Waals surface area contributed by atoms with E-state index in [-0.39, 0.29) is 10.8 Å². The highest BCUT2D eigenvalue weighted by molar-refractivity contribution is 5.99. The first kappa shape index (κ1) is 25.5. The molecule has 0 aliphatic heterocycles. The van der Waals surface area contributed by atoms with Gasteiger partial charge in [-0.05, 0) is 113 Å². The zero-order valence-corrected chi connectivity index (χ0v) is 25.7. The second kappa shape index (κ2) is 8.80. The Morgan fingerprint density at radius 1 is 0.318 bits per heavy atom. The Morgan fingerprint density at radius 3 is 1.39 bits per heavy atom. The van der Waals surface area contributed by atoms with Crippen LogP contribution in [0.4, 0.5) is 0 Å². The zero-order valence-electron chi connectivity index (χ0n) is 25.7. The normalized spacial score (nSPS) is 15.2. The predicted molar refractivity (Wildman–Crippen MR) is 187 cm³/mol. The molecule has 0 fully saturated rings. The SMILES string of the molecule is CC1(C)c2ccccc2-c2c1ccc1c2-c2ccc(-c3ccc4cc(-c5ccc6ccccc6c5)ccc4c3)cc2C1(C)C. The molecule has 9 rings (SSSR count). The van der Waals surface area contributed by atoms with E-state index in [0.29, 0.717) is 0 Å². The van der Waals surface area contributed by atoms with E-state index in [0.717, 1.165) is 0 Å². The van der Waals surface area contributed by atoms with Crippen LogP contribution in [0, 0.1) is 0 Å². The first-order chi connectivity index (χ1) is 21.3. The highest BCUT2D eigenvalue weighted by Crippen LogP contribution is 2.59. The fourth-order valence-electron chi connectivity index (χ4n) is 8.17. The van der Waals surface area contributed by atoms with E-state index in [1.165, 1.54) is 88.3 Å². The molecule has 0 aromatic heterocycles. The van der Waals surface area contributed by atoms with E-state index in [9.17, 15) is 0 Å². The summed E-state index contributed by atoms with van der Waals surface area (Å²) in [6.45, 7) is 9.54. The molecule has 0 N–H and O–H groups in total. The molecule has 0 spiro atoms. The van der Waals surface area contributed by atoms with Crippen molar-refractivity contribution in [1.82, 2.24) is 0 Å². The van der Waals surface area contributed by atoms with Crippen molar-refractivity contribution < 1.29 is 0 Å². The maximum Gasteiger partial charge on any atom is 0.0159 e. The highest BCUT2D eigenvalue weighted by atomic mass is 14.5. The van der Waals surface area contributed by atoms with Crippen molar-refractivity contribution in [3.8, 4) is 44.5 Å². The van der Waals surface area contributed by atoms with Crippen LogP contribution in [0.5, 0.6) is 0 Å². The minimum absolute atomic E-state index is 0.00700. The first-order valence-electron chi connectivity index (χ1n) is 15.8. The Kier molecular flexibility index (Phi) is 5.11. The molecule has 0 bridgehead atoms. The van der Waals surface area contributed by atoms with Crippen molar-refractivity contribution in [2.75, 3.05) is 0 Å². The molecule has 0 saturated carbocycles. The smallest absolute Gasteiger partial charge is 0.0159 e. The van der Waals surface area contributed by atoms with Gasteiger partial charge in [-0.1, -0.05) is 137 Å². The number of rotatable bonds is 2. The van der Waals surface area contributed by atoms with Gasteiger partial charge in [0.05, 0.1) is 0 Å². The van der Waals surface area contributed by atoms with Crippen LogP contribution in [0.1, 0.15) is 49.9 Å². The molecule has 0 saturated heterocycles. The highest BCUT2D eigenvalue weighted by Gasteiger charge is 2.43. The Bertz CT molecular complexity index is 2330. The van der Waals surface area contributed by atoms with Gasteiger partial charge in [0.25, 0.3) is 0 Å². The summed E-state index contributed by atoms with van der Waals surface area (Å²) in [5.74, 6) is 0. The van der Waals surface area contributed by atoms with E-state index in [2.05, 4.69) is 161 Å². The van der Waals surface area contributed by atoms with Crippen LogP contribution >= 0.6 is 0 Å². The van der Waals surface area contributed by atoms with Crippen LogP contribution in [0.2, 0.25) is 0 Å². The van der Waals surface area contributed by atoms with Crippen molar-refractivity contribution in [2.45, 2.75) is 38.5 Å². The monoisotopic (exact) mass is 562 g/mol. The van der Waals surface area contributed by atoms with Gasteiger partial charge in [0.15, 0.2) is 0 Å². The molecular formula is C44H34. The fraction of sp³-hybridized carbons (Fsp3) is 0.136. The molecule has 0 atom stereocenters. The Hall–Kier alpha value is -4.94. The topological polar surface area (TPSA) is 0 Å². The molecule has 0 unspecified atom stereocenters. The number of benzene rings is 7. The molecule has 0 heterocycles. The van der Waals surface area contributed by atoms with Gasteiger partial charge in [0, 0.05) is 10.8 Å². The van der Waals surface area contributed by atoms with Crippen LogP contribution in [0.3, 0.4) is 0 Å². The van der Waals surface area contributed by atoms with E-state index < -0.39 is 0 Å². The van der Waals surface area contributed by atoms with Crippen molar-refractivity contribution in [2.24, 2.45) is 0 Å². The van der Waals surface area contributed by atoms with Crippen LogP contribution in [-0.4, -0.2) is 0 Å². The van der Waals surface area contributed by atoms with Gasteiger partial charge in [-0.25, -0.2) is 0 Å². The van der Waals surface area contributed by atoms with Crippen LogP contribution in [0.15, 0.2) is 133 Å². The Morgan fingerprint density at radius 2 is 0.750 bits per heavy atom. The maximum atomic E-state index is 2.46. The summed E-state index contributed by atoms with van der Waals surface area (Å²) >= 11 is 0. The minimum atomic E-state index is -0.0665. The van der Waals surface area contributed by atoms with Crippen molar-refractivity contribution in [1.29, 1.82) is 0 Å². The van der Waals surface area contributed by atoms with Crippen LogP contribution in [0.25, 0.3) is 66.1 Å². The summed E-state index contributed by atoms with van der Waals surface area (Å²) in [5, 5.41) is 5.09. The standard InChI is InChI=1S/C44H34/c1-43(2)37-12-8-7-11-35(37)41-38(43)21-22-39-42(41)36-20-19-34(26-40(36)44(39,3)4)33-18-17-31-24-30(15-16-32(31)25-33)29-14-13-27-9-5-6-10-28(27)23-29/h5-26H,1-4H3. The molecule has 7 aromatic carbocycles. The van der Waals surface area contributed by atoms with Crippen molar-refractivity contribution in [3.63, 3.8) is 0 Å². The summed E-state index contributed by atoms with van der Waals surface area (Å²) in [6, 6.07) is 50.1. The summed E-state index contributed by atoms with van der Waals surface area (Å²) < 4.78 is 0. The third kappa shape index (κ3) is 3.46. The van der Waals surface area contributed by atoms with E-state index in [1.54, 1.807) is 0 Å². The lowest BCUT2D eigenvalue weighted by atomic mass is 9.79. The third-order valence-electron chi connectivity index (χ3n) is 10.6. The van der Waals surface area contributed by atoms with Gasteiger partial charge in [0.2, 0.25) is 0 Å². The quantitative estimate of drug-likeness (QED) is 0.197. The molecule has 0 heteroatoms. The second-order valence-corrected chi connectivity index (χ2v) is 13.8. The van der Waals surface area contributed by atoms with Gasteiger partial charge in [0.1, 0.15) is 0 Å². The average molecular weight is 563 g/mol. The number of hydrogen-bond acceptors (Lipinski definition) is 0. The zero-order chi connectivity index (χ0) is 29.8. The van der Waals surface area contributed by atoms with E-state index in [4.69, 9.17) is 0 Å². The van der Waals surface area contributed by atoms with Gasteiger partial charge in [-0.2, -0.15) is 0 Å². The third-order valence-corrected chi connectivity index (χ3v) is 10.6. The van der Waals surface area contributed by atoms with Crippen LogP contribution in [-0.2, 0) is 10.8 Å². The van der Waals surface area contributed by atoms with Gasteiger partial charge in [-0.15, -0.1) is 0 Å².